The molecule has 7 heteroatoms. The van der Waals surface area contributed by atoms with Gasteiger partial charge in [0.05, 0.1) is 24.3 Å². The van der Waals surface area contributed by atoms with Crippen molar-refractivity contribution in [2.45, 2.75) is 44.2 Å². The zero-order valence-corrected chi connectivity index (χ0v) is 13.7. The molecule has 6 nitrogen and oxygen atoms in total. The molecule has 0 unspecified atom stereocenters. The SMILES string of the molecule is O=C(O)CO[C@@H]1CCOC[C@@H]1NC(=O)c1csc2c1CCCC2. The maximum atomic E-state index is 12.6. The average Bonchev–Trinajstić information content (AvgIpc) is 2.98. The molecule has 1 aromatic rings. The predicted molar refractivity (Wildman–Crippen MR) is 85.0 cm³/mol. The summed E-state index contributed by atoms with van der Waals surface area (Å²) in [4.78, 5) is 24.6. The minimum atomic E-state index is -1.01. The standard InChI is InChI=1S/C16H21NO5S/c18-15(19)8-22-13-5-6-21-7-12(13)17-16(20)11-9-23-14-4-2-1-3-10(11)14/h9,12-13H,1-8H2,(H,17,20)(H,18,19)/t12-,13+/m0/s1. The zero-order valence-electron chi connectivity index (χ0n) is 12.9. The van der Waals surface area contributed by atoms with E-state index in [1.54, 1.807) is 11.3 Å². The molecule has 2 heterocycles. The third-order valence-electron chi connectivity index (χ3n) is 4.34. The number of aryl methyl sites for hydroxylation is 1. The second-order valence-corrected chi connectivity index (χ2v) is 6.91. The van der Waals surface area contributed by atoms with Crippen molar-refractivity contribution in [1.82, 2.24) is 5.32 Å². The minimum Gasteiger partial charge on any atom is -0.480 e. The molecule has 2 atom stereocenters. The number of hydrogen-bond donors (Lipinski definition) is 2. The molecular formula is C16H21NO5S. The van der Waals surface area contributed by atoms with Crippen molar-refractivity contribution >= 4 is 23.2 Å². The first-order valence-corrected chi connectivity index (χ1v) is 8.84. The Balaban J connectivity index is 1.65. The number of carbonyl (C=O) groups excluding carboxylic acids is 1. The van der Waals surface area contributed by atoms with E-state index in [2.05, 4.69) is 5.32 Å². The molecule has 2 N–H and O–H groups in total. The van der Waals surface area contributed by atoms with Crippen molar-refractivity contribution in [3.63, 3.8) is 0 Å². The highest BCUT2D eigenvalue weighted by Gasteiger charge is 2.30. The summed E-state index contributed by atoms with van der Waals surface area (Å²) in [5.41, 5.74) is 1.94. The molecule has 0 radical (unpaired) electrons. The van der Waals surface area contributed by atoms with Crippen LogP contribution in [0.1, 0.15) is 40.1 Å². The lowest BCUT2D eigenvalue weighted by atomic mass is 9.95. The van der Waals surface area contributed by atoms with Crippen LogP contribution in [0, 0.1) is 0 Å². The fourth-order valence-corrected chi connectivity index (χ4v) is 4.29. The van der Waals surface area contributed by atoms with E-state index in [-0.39, 0.29) is 24.7 Å². The van der Waals surface area contributed by atoms with Gasteiger partial charge in [0.1, 0.15) is 6.61 Å². The largest absolute Gasteiger partial charge is 0.480 e. The summed E-state index contributed by atoms with van der Waals surface area (Å²) in [7, 11) is 0. The van der Waals surface area contributed by atoms with E-state index in [0.717, 1.165) is 24.8 Å². The van der Waals surface area contributed by atoms with E-state index < -0.39 is 5.97 Å². The molecule has 23 heavy (non-hydrogen) atoms. The van der Waals surface area contributed by atoms with Crippen LogP contribution >= 0.6 is 11.3 Å². The van der Waals surface area contributed by atoms with E-state index in [9.17, 15) is 9.59 Å². The Morgan fingerprint density at radius 1 is 1.39 bits per heavy atom. The lowest BCUT2D eigenvalue weighted by Gasteiger charge is -2.31. The fourth-order valence-electron chi connectivity index (χ4n) is 3.16. The molecule has 1 fully saturated rings. The summed E-state index contributed by atoms with van der Waals surface area (Å²) in [6.45, 7) is 0.512. The van der Waals surface area contributed by atoms with Crippen LogP contribution in [0.2, 0.25) is 0 Å². The topological polar surface area (TPSA) is 84.9 Å². The number of thiophene rings is 1. The summed E-state index contributed by atoms with van der Waals surface area (Å²) >= 11 is 1.66. The highest BCUT2D eigenvalue weighted by atomic mass is 32.1. The number of nitrogens with one attached hydrogen (secondary N) is 1. The molecule has 1 amide bonds. The lowest BCUT2D eigenvalue weighted by Crippen LogP contribution is -2.51. The van der Waals surface area contributed by atoms with Gasteiger partial charge in [0.25, 0.3) is 5.91 Å². The highest BCUT2D eigenvalue weighted by molar-refractivity contribution is 7.10. The fraction of sp³-hybridized carbons (Fsp3) is 0.625. The van der Waals surface area contributed by atoms with Gasteiger partial charge in [-0.1, -0.05) is 0 Å². The minimum absolute atomic E-state index is 0.108. The van der Waals surface area contributed by atoms with Gasteiger partial charge in [-0.25, -0.2) is 4.79 Å². The van der Waals surface area contributed by atoms with Gasteiger partial charge in [0.2, 0.25) is 0 Å². The molecule has 1 saturated heterocycles. The van der Waals surface area contributed by atoms with Crippen LogP contribution in [-0.2, 0) is 27.1 Å². The zero-order chi connectivity index (χ0) is 16.2. The van der Waals surface area contributed by atoms with E-state index in [4.69, 9.17) is 14.6 Å². The van der Waals surface area contributed by atoms with E-state index in [1.165, 1.54) is 16.9 Å². The van der Waals surface area contributed by atoms with Crippen molar-refractivity contribution in [3.8, 4) is 0 Å². The third-order valence-corrected chi connectivity index (χ3v) is 5.42. The molecule has 2 aliphatic rings. The van der Waals surface area contributed by atoms with Crippen LogP contribution in [0.15, 0.2) is 5.38 Å². The first-order chi connectivity index (χ1) is 11.1. The van der Waals surface area contributed by atoms with Crippen LogP contribution in [0.25, 0.3) is 0 Å². The van der Waals surface area contributed by atoms with Gasteiger partial charge in [-0.3, -0.25) is 4.79 Å². The van der Waals surface area contributed by atoms with Crippen LogP contribution in [0.4, 0.5) is 0 Å². The molecule has 3 rings (SSSR count). The van der Waals surface area contributed by atoms with Crippen molar-refractivity contribution in [3.05, 3.63) is 21.4 Å². The highest BCUT2D eigenvalue weighted by Crippen LogP contribution is 2.30. The average molecular weight is 339 g/mol. The van der Waals surface area contributed by atoms with Crippen LogP contribution in [0.3, 0.4) is 0 Å². The number of rotatable bonds is 5. The van der Waals surface area contributed by atoms with Crippen molar-refractivity contribution < 1.29 is 24.2 Å². The summed E-state index contributed by atoms with van der Waals surface area (Å²) in [5.74, 6) is -1.11. The van der Waals surface area contributed by atoms with Crippen LogP contribution < -0.4 is 5.32 Å². The monoisotopic (exact) mass is 339 g/mol. The Hall–Kier alpha value is -1.44. The molecule has 1 aromatic heterocycles. The van der Waals surface area contributed by atoms with Crippen molar-refractivity contribution in [2.75, 3.05) is 19.8 Å². The number of carboxylic acid groups (broad SMARTS) is 1. The van der Waals surface area contributed by atoms with Crippen molar-refractivity contribution in [1.29, 1.82) is 0 Å². The molecule has 1 aliphatic carbocycles. The Bertz CT molecular complexity index is 585. The van der Waals surface area contributed by atoms with Crippen LogP contribution in [0.5, 0.6) is 0 Å². The number of amides is 1. The summed E-state index contributed by atoms with van der Waals surface area (Å²) in [6, 6.07) is -0.310. The Morgan fingerprint density at radius 2 is 2.22 bits per heavy atom. The maximum absolute atomic E-state index is 12.6. The van der Waals surface area contributed by atoms with Crippen LogP contribution in [-0.4, -0.2) is 48.9 Å². The third kappa shape index (κ3) is 3.91. The second-order valence-electron chi connectivity index (χ2n) is 5.94. The first-order valence-electron chi connectivity index (χ1n) is 7.96. The maximum Gasteiger partial charge on any atom is 0.329 e. The summed E-state index contributed by atoms with van der Waals surface area (Å²) in [6.07, 6.45) is 4.60. The number of fused-ring (bicyclic) bond motifs is 1. The Morgan fingerprint density at radius 3 is 3.04 bits per heavy atom. The normalized spacial score (nSPS) is 24.0. The molecule has 0 bridgehead atoms. The molecule has 0 saturated carbocycles. The van der Waals surface area contributed by atoms with Crippen molar-refractivity contribution in [2.24, 2.45) is 0 Å². The number of aliphatic carboxylic acids is 1. The molecular weight excluding hydrogens is 318 g/mol. The Kier molecular flexibility index (Phi) is 5.30. The van der Waals surface area contributed by atoms with Gasteiger partial charge in [-0.15, -0.1) is 11.3 Å². The first kappa shape index (κ1) is 16.4. The summed E-state index contributed by atoms with van der Waals surface area (Å²) < 4.78 is 10.8. The smallest absolute Gasteiger partial charge is 0.329 e. The summed E-state index contributed by atoms with van der Waals surface area (Å²) in [5, 5.41) is 13.7. The number of carboxylic acids is 1. The van der Waals surface area contributed by atoms with Gasteiger partial charge >= 0.3 is 5.97 Å². The number of hydrogen-bond acceptors (Lipinski definition) is 5. The van der Waals surface area contributed by atoms with E-state index in [1.807, 2.05) is 5.38 Å². The number of ether oxygens (including phenoxy) is 2. The Labute approximate surface area is 138 Å². The number of carbonyl (C=O) groups is 2. The predicted octanol–water partition coefficient (Wildman–Crippen LogP) is 1.62. The molecule has 1 aliphatic heterocycles. The lowest BCUT2D eigenvalue weighted by molar-refractivity contribution is -0.147. The van der Waals surface area contributed by atoms with Gasteiger partial charge in [0.15, 0.2) is 0 Å². The van der Waals surface area contributed by atoms with Gasteiger partial charge in [-0.2, -0.15) is 0 Å². The second kappa shape index (κ2) is 7.42. The molecule has 0 spiro atoms. The van der Waals surface area contributed by atoms with Gasteiger partial charge < -0.3 is 19.9 Å². The van der Waals surface area contributed by atoms with E-state index in [0.29, 0.717) is 19.6 Å². The van der Waals surface area contributed by atoms with E-state index >= 15 is 0 Å². The molecule has 0 aromatic carbocycles. The van der Waals surface area contributed by atoms with Gasteiger partial charge in [0, 0.05) is 16.9 Å². The molecule has 126 valence electrons. The van der Waals surface area contributed by atoms with Gasteiger partial charge in [-0.05, 0) is 37.7 Å². The quantitative estimate of drug-likeness (QED) is 0.851.